The van der Waals surface area contributed by atoms with Crippen LogP contribution in [-0.2, 0) is 6.42 Å². The number of rotatable bonds is 5. The van der Waals surface area contributed by atoms with Gasteiger partial charge in [0, 0.05) is 37.9 Å². The summed E-state index contributed by atoms with van der Waals surface area (Å²) >= 11 is 0. The number of piperazine rings is 1. The number of furan rings is 1. The van der Waals surface area contributed by atoms with Crippen molar-refractivity contribution < 1.29 is 18.7 Å². The van der Waals surface area contributed by atoms with E-state index in [-0.39, 0.29) is 17.9 Å². The van der Waals surface area contributed by atoms with E-state index in [1.807, 2.05) is 18.2 Å². The van der Waals surface area contributed by atoms with Gasteiger partial charge in [-0.2, -0.15) is 0 Å². The quantitative estimate of drug-likeness (QED) is 0.582. The van der Waals surface area contributed by atoms with Crippen LogP contribution in [0.1, 0.15) is 22.5 Å². The number of fused-ring (bicyclic) bond motifs is 2. The smallest absolute Gasteiger partial charge is 0.217 e. The third-order valence-corrected chi connectivity index (χ3v) is 7.09. The second kappa shape index (κ2) is 9.06. The van der Waals surface area contributed by atoms with Crippen molar-refractivity contribution in [2.45, 2.75) is 24.9 Å². The molecule has 7 heteroatoms. The molecule has 176 valence electrons. The number of carbonyl (C=O) groups is 1. The van der Waals surface area contributed by atoms with E-state index in [9.17, 15) is 4.79 Å². The molecule has 4 heterocycles. The van der Waals surface area contributed by atoms with E-state index in [0.29, 0.717) is 19.0 Å². The van der Waals surface area contributed by atoms with Crippen LogP contribution in [0, 0.1) is 0 Å². The van der Waals surface area contributed by atoms with Crippen LogP contribution >= 0.6 is 0 Å². The molecule has 3 aliphatic rings. The molecule has 1 saturated heterocycles. The fourth-order valence-electron chi connectivity index (χ4n) is 5.41. The van der Waals surface area contributed by atoms with E-state index < -0.39 is 0 Å². The number of nitrogens with zero attached hydrogens (tertiary/aromatic N) is 2. The van der Waals surface area contributed by atoms with E-state index in [1.165, 1.54) is 5.56 Å². The number of nitrogens with one attached hydrogen (secondary N) is 1. The van der Waals surface area contributed by atoms with Crippen molar-refractivity contribution in [3.63, 3.8) is 0 Å². The highest BCUT2D eigenvalue weighted by molar-refractivity contribution is 5.98. The van der Waals surface area contributed by atoms with Crippen LogP contribution in [0.2, 0.25) is 0 Å². The molecular weight excluding hydrogens is 430 g/mol. The molecule has 1 fully saturated rings. The molecule has 0 bridgehead atoms. The van der Waals surface area contributed by atoms with Crippen molar-refractivity contribution in [3.8, 4) is 11.5 Å². The number of ether oxygens (including phenoxy) is 2. The van der Waals surface area contributed by atoms with Crippen molar-refractivity contribution in [1.29, 1.82) is 0 Å². The summed E-state index contributed by atoms with van der Waals surface area (Å²) < 4.78 is 17.2. The molecular formula is C27H29N3O4. The molecule has 0 amide bonds. The molecule has 7 nitrogen and oxygen atoms in total. The molecule has 2 atom stereocenters. The summed E-state index contributed by atoms with van der Waals surface area (Å²) in [6.07, 6.45) is 3.45. The normalized spacial score (nSPS) is 20.8. The Morgan fingerprint density at radius 2 is 1.79 bits per heavy atom. The Labute approximate surface area is 199 Å². The summed E-state index contributed by atoms with van der Waals surface area (Å²) in [6, 6.07) is 17.7. The first-order chi connectivity index (χ1) is 16.8. The molecule has 3 aliphatic heterocycles. The SMILES string of the molecule is O=C(c1ccco1)C(C1CCc2ccccc2N1)N1CCN(c2cccc3c2OCCO3)CC1. The van der Waals surface area contributed by atoms with Gasteiger partial charge < -0.3 is 24.1 Å². The van der Waals surface area contributed by atoms with E-state index in [0.717, 1.165) is 61.9 Å². The van der Waals surface area contributed by atoms with Gasteiger partial charge in [0.1, 0.15) is 13.2 Å². The first-order valence-corrected chi connectivity index (χ1v) is 12.1. The van der Waals surface area contributed by atoms with Gasteiger partial charge in [-0.05, 0) is 48.7 Å². The van der Waals surface area contributed by atoms with Crippen LogP contribution in [0.3, 0.4) is 0 Å². The molecule has 0 radical (unpaired) electrons. The van der Waals surface area contributed by atoms with E-state index in [4.69, 9.17) is 13.9 Å². The molecule has 0 aliphatic carbocycles. The minimum absolute atomic E-state index is 0.0280. The highest BCUT2D eigenvalue weighted by Crippen LogP contribution is 2.40. The summed E-state index contributed by atoms with van der Waals surface area (Å²) in [6.45, 7) is 4.33. The molecule has 1 aromatic heterocycles. The van der Waals surface area contributed by atoms with Crippen LogP contribution in [0.5, 0.6) is 11.5 Å². The van der Waals surface area contributed by atoms with Crippen LogP contribution in [-0.4, -0.2) is 62.2 Å². The average molecular weight is 460 g/mol. The third-order valence-electron chi connectivity index (χ3n) is 7.09. The van der Waals surface area contributed by atoms with Crippen LogP contribution < -0.4 is 19.7 Å². The Bertz CT molecular complexity index is 1150. The van der Waals surface area contributed by atoms with E-state index >= 15 is 0 Å². The van der Waals surface area contributed by atoms with Crippen molar-refractivity contribution in [2.75, 3.05) is 49.6 Å². The minimum Gasteiger partial charge on any atom is -0.486 e. The lowest BCUT2D eigenvalue weighted by Gasteiger charge is -2.43. The first kappa shape index (κ1) is 21.1. The van der Waals surface area contributed by atoms with Gasteiger partial charge in [0.15, 0.2) is 17.3 Å². The lowest BCUT2D eigenvalue weighted by Crippen LogP contribution is -2.58. The maximum atomic E-state index is 13.6. The summed E-state index contributed by atoms with van der Waals surface area (Å²) in [5, 5.41) is 3.67. The minimum atomic E-state index is -0.286. The third kappa shape index (κ3) is 3.90. The Morgan fingerprint density at radius 1 is 0.941 bits per heavy atom. The van der Waals surface area contributed by atoms with E-state index in [1.54, 1.807) is 18.4 Å². The number of Topliss-reactive ketones (excluding diaryl/α,β-unsaturated/α-hetero) is 1. The average Bonchev–Trinajstić information content (AvgIpc) is 3.44. The maximum absolute atomic E-state index is 13.6. The summed E-state index contributed by atoms with van der Waals surface area (Å²) in [7, 11) is 0. The number of hydrogen-bond acceptors (Lipinski definition) is 7. The topological polar surface area (TPSA) is 67.2 Å². The Kier molecular flexibility index (Phi) is 5.63. The number of anilines is 2. The highest BCUT2D eigenvalue weighted by atomic mass is 16.6. The number of carbonyl (C=O) groups excluding carboxylic acids is 1. The fraction of sp³-hybridized carbons (Fsp3) is 0.370. The summed E-state index contributed by atoms with van der Waals surface area (Å²) in [5.41, 5.74) is 3.50. The van der Waals surface area contributed by atoms with Gasteiger partial charge in [-0.25, -0.2) is 0 Å². The molecule has 2 unspecified atom stereocenters. The lowest BCUT2D eigenvalue weighted by atomic mass is 9.89. The van der Waals surface area contributed by atoms with Gasteiger partial charge >= 0.3 is 0 Å². The molecule has 34 heavy (non-hydrogen) atoms. The molecule has 0 spiro atoms. The van der Waals surface area contributed by atoms with Crippen molar-refractivity contribution in [2.24, 2.45) is 0 Å². The zero-order valence-electron chi connectivity index (χ0n) is 19.1. The Hall–Kier alpha value is -3.45. The fourth-order valence-corrected chi connectivity index (χ4v) is 5.41. The van der Waals surface area contributed by atoms with Gasteiger partial charge in [-0.3, -0.25) is 9.69 Å². The van der Waals surface area contributed by atoms with Crippen molar-refractivity contribution in [1.82, 2.24) is 4.90 Å². The number of aryl methyl sites for hydroxylation is 1. The van der Waals surface area contributed by atoms with Gasteiger partial charge in [-0.1, -0.05) is 24.3 Å². The predicted molar refractivity (Wildman–Crippen MR) is 130 cm³/mol. The van der Waals surface area contributed by atoms with Gasteiger partial charge in [-0.15, -0.1) is 0 Å². The molecule has 2 aromatic carbocycles. The monoisotopic (exact) mass is 459 g/mol. The first-order valence-electron chi connectivity index (χ1n) is 12.1. The number of ketones is 1. The number of benzene rings is 2. The standard InChI is InChI=1S/C27H29N3O4/c31-26(23-9-4-16-32-23)25(21-11-10-19-5-1-2-6-20(19)28-21)30-14-12-29(13-15-30)22-7-3-8-24-27(22)34-18-17-33-24/h1-9,16,21,25,28H,10-15,17-18H2. The highest BCUT2D eigenvalue weighted by Gasteiger charge is 2.39. The van der Waals surface area contributed by atoms with Crippen LogP contribution in [0.4, 0.5) is 11.4 Å². The Balaban J connectivity index is 1.23. The van der Waals surface area contributed by atoms with Crippen LogP contribution in [0.15, 0.2) is 65.3 Å². The molecule has 0 saturated carbocycles. The van der Waals surface area contributed by atoms with Crippen molar-refractivity contribution >= 4 is 17.2 Å². The summed E-state index contributed by atoms with van der Waals surface area (Å²) in [4.78, 5) is 18.3. The van der Waals surface area contributed by atoms with Crippen molar-refractivity contribution in [3.05, 3.63) is 72.2 Å². The van der Waals surface area contributed by atoms with Gasteiger partial charge in [0.2, 0.25) is 5.78 Å². The second-order valence-corrected chi connectivity index (χ2v) is 9.06. The van der Waals surface area contributed by atoms with Gasteiger partial charge in [0.25, 0.3) is 0 Å². The number of para-hydroxylation sites is 2. The lowest BCUT2D eigenvalue weighted by molar-refractivity contribution is 0.0742. The number of hydrogen-bond donors (Lipinski definition) is 1. The van der Waals surface area contributed by atoms with Crippen LogP contribution in [0.25, 0.3) is 0 Å². The zero-order valence-corrected chi connectivity index (χ0v) is 19.1. The Morgan fingerprint density at radius 3 is 2.65 bits per heavy atom. The largest absolute Gasteiger partial charge is 0.486 e. The maximum Gasteiger partial charge on any atom is 0.217 e. The molecule has 3 aromatic rings. The summed E-state index contributed by atoms with van der Waals surface area (Å²) in [5.74, 6) is 2.11. The van der Waals surface area contributed by atoms with Gasteiger partial charge in [0.05, 0.1) is 18.0 Å². The molecule has 1 N–H and O–H groups in total. The second-order valence-electron chi connectivity index (χ2n) is 9.06. The molecule has 6 rings (SSSR count). The van der Waals surface area contributed by atoms with E-state index in [2.05, 4.69) is 39.4 Å². The zero-order chi connectivity index (χ0) is 22.9. The predicted octanol–water partition coefficient (Wildman–Crippen LogP) is 3.85.